The first-order chi connectivity index (χ1) is 3.62. The summed E-state index contributed by atoms with van der Waals surface area (Å²) in [5.41, 5.74) is 7.67. The van der Waals surface area contributed by atoms with Crippen LogP contribution in [0.2, 0.25) is 0 Å². The summed E-state index contributed by atoms with van der Waals surface area (Å²) in [6, 6.07) is 0. The number of azide groups is 1. The molecule has 0 amide bonds. The Bertz CT molecular complexity index is 199. The van der Waals surface area contributed by atoms with Crippen LogP contribution in [0.15, 0.2) is 4.52 Å². The standard InChI is InChI=1S/CH3N3O2S2/c1-6-8(5,7)4-3-2/h1H3. The Kier molecular flexibility index (Phi) is 2.70. The first-order valence-electron chi connectivity index (χ1n) is 1.49. The number of rotatable bonds is 2. The van der Waals surface area contributed by atoms with Crippen LogP contribution < -0.4 is 0 Å². The zero-order valence-corrected chi connectivity index (χ0v) is 5.61. The van der Waals surface area contributed by atoms with Crippen molar-refractivity contribution in [2.75, 3.05) is 7.11 Å². The minimum atomic E-state index is -3.13. The third-order valence-corrected chi connectivity index (χ3v) is 1.65. The maximum atomic E-state index is 10.3. The van der Waals surface area contributed by atoms with Crippen molar-refractivity contribution in [2.45, 2.75) is 0 Å². The molecule has 0 aliphatic heterocycles. The van der Waals surface area contributed by atoms with Gasteiger partial charge in [0.05, 0.1) is 7.11 Å². The van der Waals surface area contributed by atoms with Crippen LogP contribution in [0.25, 0.3) is 10.4 Å². The largest absolute Gasteiger partial charge is 0.288 e. The fraction of sp³-hybridized carbons (Fsp3) is 1.00. The van der Waals surface area contributed by atoms with E-state index in [0.29, 0.717) is 0 Å². The normalized spacial score (nSPS) is 16.1. The summed E-state index contributed by atoms with van der Waals surface area (Å²) in [6.45, 7) is 0. The second-order valence-corrected chi connectivity index (χ2v) is 3.38. The first-order valence-corrected chi connectivity index (χ1v) is 3.86. The number of hydrogen-bond acceptors (Lipinski definition) is 3. The Balaban J connectivity index is 4.41. The average Bonchev–Trinajstić information content (AvgIpc) is 1.67. The highest BCUT2D eigenvalue weighted by Gasteiger charge is 1.94. The van der Waals surface area contributed by atoms with E-state index in [2.05, 4.69) is 24.8 Å². The van der Waals surface area contributed by atoms with Crippen molar-refractivity contribution < 1.29 is 8.39 Å². The summed E-state index contributed by atoms with van der Waals surface area (Å²) < 4.78 is 17.1. The van der Waals surface area contributed by atoms with Crippen LogP contribution in [0.5, 0.6) is 0 Å². The molecular weight excluding hydrogens is 150 g/mol. The first kappa shape index (κ1) is 7.64. The van der Waals surface area contributed by atoms with Gasteiger partial charge in [-0.25, -0.2) is 4.21 Å². The summed E-state index contributed by atoms with van der Waals surface area (Å²) in [6.07, 6.45) is 0. The minimum Gasteiger partial charge on any atom is -0.288 e. The van der Waals surface area contributed by atoms with Crippen LogP contribution in [0.1, 0.15) is 0 Å². The molecule has 0 saturated carbocycles. The SMILES string of the molecule is COS(=O)(=S)N=[N+]=[N-]. The van der Waals surface area contributed by atoms with Crippen LogP contribution in [-0.4, -0.2) is 11.3 Å². The van der Waals surface area contributed by atoms with Crippen molar-refractivity contribution in [2.24, 2.45) is 4.52 Å². The molecule has 1 atom stereocenters. The predicted octanol–water partition coefficient (Wildman–Crippen LogP) is 0.519. The van der Waals surface area contributed by atoms with Crippen molar-refractivity contribution in [3.05, 3.63) is 10.4 Å². The van der Waals surface area contributed by atoms with Crippen LogP contribution in [0, 0.1) is 0 Å². The summed E-state index contributed by atoms with van der Waals surface area (Å²) in [5.74, 6) is 0. The third kappa shape index (κ3) is 2.75. The fourth-order valence-electron chi connectivity index (χ4n) is 0.0781. The Labute approximate surface area is 51.3 Å². The van der Waals surface area contributed by atoms with E-state index < -0.39 is 8.96 Å². The van der Waals surface area contributed by atoms with E-state index in [1.165, 1.54) is 0 Å². The Morgan fingerprint density at radius 1 is 2.00 bits per heavy atom. The molecule has 0 fully saturated rings. The third-order valence-electron chi connectivity index (χ3n) is 0.347. The second kappa shape index (κ2) is 2.83. The molecule has 0 aliphatic carbocycles. The smallest absolute Gasteiger partial charge is 0.231 e. The topological polar surface area (TPSA) is 75.1 Å². The van der Waals surface area contributed by atoms with Gasteiger partial charge in [0.2, 0.25) is 8.96 Å². The van der Waals surface area contributed by atoms with E-state index in [9.17, 15) is 4.21 Å². The Morgan fingerprint density at radius 3 is 2.62 bits per heavy atom. The van der Waals surface area contributed by atoms with Crippen LogP contribution >= 0.6 is 0 Å². The molecule has 0 heterocycles. The molecule has 46 valence electrons. The quantitative estimate of drug-likeness (QED) is 0.329. The molecule has 0 aromatic heterocycles. The van der Waals surface area contributed by atoms with Gasteiger partial charge in [-0.3, -0.25) is 4.18 Å². The van der Waals surface area contributed by atoms with Crippen LogP contribution in [0.4, 0.5) is 0 Å². The zero-order chi connectivity index (χ0) is 6.62. The van der Waals surface area contributed by atoms with Gasteiger partial charge >= 0.3 is 0 Å². The highest BCUT2D eigenvalue weighted by Crippen LogP contribution is 1.91. The molecule has 7 heteroatoms. The molecule has 5 nitrogen and oxygen atoms in total. The molecule has 0 aromatic rings. The Morgan fingerprint density at radius 2 is 2.50 bits per heavy atom. The number of hydrogen-bond donors (Lipinski definition) is 0. The van der Waals surface area contributed by atoms with Gasteiger partial charge in [-0.05, 0) is 5.53 Å². The maximum Gasteiger partial charge on any atom is 0.231 e. The van der Waals surface area contributed by atoms with Gasteiger partial charge in [-0.1, -0.05) is 0 Å². The summed E-state index contributed by atoms with van der Waals surface area (Å²) in [4.78, 5) is 2.20. The second-order valence-electron chi connectivity index (χ2n) is 0.765. The van der Waals surface area contributed by atoms with E-state index in [0.717, 1.165) is 7.11 Å². The molecule has 0 spiro atoms. The van der Waals surface area contributed by atoms with Gasteiger partial charge in [0, 0.05) is 20.6 Å². The molecule has 1 unspecified atom stereocenters. The summed E-state index contributed by atoms with van der Waals surface area (Å²) >= 11 is 4.13. The lowest BCUT2D eigenvalue weighted by molar-refractivity contribution is 0.444. The highest BCUT2D eigenvalue weighted by atomic mass is 32.8. The van der Waals surface area contributed by atoms with Gasteiger partial charge < -0.3 is 0 Å². The van der Waals surface area contributed by atoms with E-state index >= 15 is 0 Å². The van der Waals surface area contributed by atoms with E-state index in [-0.39, 0.29) is 0 Å². The van der Waals surface area contributed by atoms with Crippen molar-refractivity contribution in [3.63, 3.8) is 0 Å². The molecule has 0 saturated heterocycles. The lowest BCUT2D eigenvalue weighted by atomic mass is 11.8. The van der Waals surface area contributed by atoms with E-state index in [4.69, 9.17) is 5.53 Å². The molecule has 0 rings (SSSR count). The lowest BCUT2D eigenvalue weighted by Gasteiger charge is -1.88. The average molecular weight is 153 g/mol. The van der Waals surface area contributed by atoms with Crippen LogP contribution in [-0.2, 0) is 24.3 Å². The van der Waals surface area contributed by atoms with E-state index in [1.807, 2.05) is 0 Å². The summed E-state index contributed by atoms with van der Waals surface area (Å²) in [5, 5.41) is 0. The maximum absolute atomic E-state index is 10.3. The molecule has 8 heavy (non-hydrogen) atoms. The molecule has 0 bridgehead atoms. The van der Waals surface area contributed by atoms with Crippen molar-refractivity contribution in [1.82, 2.24) is 0 Å². The zero-order valence-electron chi connectivity index (χ0n) is 3.97. The van der Waals surface area contributed by atoms with Gasteiger partial charge in [-0.15, -0.1) is 0 Å². The highest BCUT2D eigenvalue weighted by molar-refractivity contribution is 8.29. The predicted molar refractivity (Wildman–Crippen MR) is 31.7 cm³/mol. The van der Waals surface area contributed by atoms with Gasteiger partial charge in [0.25, 0.3) is 0 Å². The lowest BCUT2D eigenvalue weighted by Crippen LogP contribution is -1.91. The molecule has 0 radical (unpaired) electrons. The van der Waals surface area contributed by atoms with Crippen molar-refractivity contribution in [3.8, 4) is 0 Å². The van der Waals surface area contributed by atoms with Gasteiger partial charge in [0.1, 0.15) is 0 Å². The minimum absolute atomic E-state index is 1.12. The van der Waals surface area contributed by atoms with Crippen LogP contribution in [0.3, 0.4) is 0 Å². The summed E-state index contributed by atoms with van der Waals surface area (Å²) in [7, 11) is -2.01. The molecule has 0 aromatic carbocycles. The molecule has 0 aliphatic rings. The molecular formula is CH3N3O2S2. The van der Waals surface area contributed by atoms with Gasteiger partial charge in [0.15, 0.2) is 0 Å². The van der Waals surface area contributed by atoms with Crippen molar-refractivity contribution in [1.29, 1.82) is 0 Å². The van der Waals surface area contributed by atoms with E-state index in [1.54, 1.807) is 0 Å². The molecule has 0 N–H and O–H groups in total. The van der Waals surface area contributed by atoms with Gasteiger partial charge in [-0.2, -0.15) is 0 Å². The fourth-order valence-corrected chi connectivity index (χ4v) is 0.324. The number of nitrogens with zero attached hydrogens (tertiary/aromatic N) is 3. The monoisotopic (exact) mass is 153 g/mol. The van der Waals surface area contributed by atoms with Crippen molar-refractivity contribution >= 4 is 20.1 Å². The Hall–Kier alpha value is -0.360.